The minimum atomic E-state index is -0.170. The van der Waals surface area contributed by atoms with E-state index >= 15 is 0 Å². The Balaban J connectivity index is 0. The lowest BCUT2D eigenvalue weighted by molar-refractivity contribution is -0.114. The Kier molecular flexibility index (Phi) is 23.0. The van der Waals surface area contributed by atoms with Crippen molar-refractivity contribution < 1.29 is 19.1 Å². The summed E-state index contributed by atoms with van der Waals surface area (Å²) in [5.74, 6) is -0.0773. The van der Waals surface area contributed by atoms with Crippen LogP contribution in [0, 0.1) is 0 Å². The van der Waals surface area contributed by atoms with Crippen molar-refractivity contribution in [3.05, 3.63) is 54.1 Å². The fourth-order valence-electron chi connectivity index (χ4n) is 2.55. The van der Waals surface area contributed by atoms with Crippen molar-refractivity contribution in [3.8, 4) is 0 Å². The Hall–Kier alpha value is -2.77. The van der Waals surface area contributed by atoms with E-state index in [2.05, 4.69) is 23.4 Å². The molecule has 0 radical (unpaired) electrons. The number of carbonyl (C=O) groups is 2. The second-order valence-corrected chi connectivity index (χ2v) is 7.04. The number of anilines is 1. The van der Waals surface area contributed by atoms with E-state index in [-0.39, 0.29) is 18.1 Å². The maximum absolute atomic E-state index is 11.0. The first-order chi connectivity index (χ1) is 16.4. The summed E-state index contributed by atoms with van der Waals surface area (Å²) in [6, 6.07) is 7.70. The molecule has 0 bridgehead atoms. The van der Waals surface area contributed by atoms with Crippen LogP contribution in [0.15, 0.2) is 53.7 Å². The number of hydrogen-bond acceptors (Lipinski definition) is 6. The largest absolute Gasteiger partial charge is 0.374 e. The number of nitrogens with one attached hydrogen (secondary N) is 1. The van der Waals surface area contributed by atoms with E-state index in [1.807, 2.05) is 75.3 Å². The number of hydrazone groups is 1. The third kappa shape index (κ3) is 17.7. The normalized spacial score (nSPS) is 12.5. The molecule has 0 fully saturated rings. The SMILES string of the molecule is CC.CC/C=C\C(OC)C(/C=C/C=N/N(C)Cc1ccc(NC(C)=O)cc1)OC.CCCC=O. The predicted octanol–water partition coefficient (Wildman–Crippen LogP) is 5.63. The summed E-state index contributed by atoms with van der Waals surface area (Å²) < 4.78 is 10.9. The van der Waals surface area contributed by atoms with Gasteiger partial charge in [-0.25, -0.2) is 0 Å². The Morgan fingerprint density at radius 2 is 1.68 bits per heavy atom. The molecule has 1 amide bonds. The standard InChI is InChI=1S/C21H31N3O3.C4H8O.C2H6/c1-6-7-9-20(26-4)21(27-5)10-8-15-22-24(3)16-18-11-13-19(14-12-18)23-17(2)25;1-2-3-4-5;1-2/h7-15,20-21H,6,16H2,1-5H3,(H,23,25);4H,2-3H2,1H3;1-2H3/b9-7-,10-8+,22-15+;;. The summed E-state index contributed by atoms with van der Waals surface area (Å²) in [5, 5.41) is 8.97. The Morgan fingerprint density at radius 1 is 1.09 bits per heavy atom. The number of methoxy groups -OCH3 is 2. The van der Waals surface area contributed by atoms with Gasteiger partial charge in [0.05, 0.1) is 6.54 Å². The van der Waals surface area contributed by atoms with E-state index in [4.69, 9.17) is 9.47 Å². The van der Waals surface area contributed by atoms with E-state index in [1.54, 1.807) is 20.4 Å². The fourth-order valence-corrected chi connectivity index (χ4v) is 2.55. The zero-order valence-electron chi connectivity index (χ0n) is 22.3. The third-order valence-corrected chi connectivity index (χ3v) is 4.17. The molecule has 0 aliphatic carbocycles. The molecule has 0 heterocycles. The van der Waals surface area contributed by atoms with E-state index in [9.17, 15) is 9.59 Å². The second-order valence-electron chi connectivity index (χ2n) is 7.04. The zero-order valence-corrected chi connectivity index (χ0v) is 22.3. The molecule has 0 saturated heterocycles. The summed E-state index contributed by atoms with van der Waals surface area (Å²) >= 11 is 0. The van der Waals surface area contributed by atoms with Crippen LogP contribution in [0.25, 0.3) is 0 Å². The molecule has 192 valence electrons. The summed E-state index contributed by atoms with van der Waals surface area (Å²) in [4.78, 5) is 20.4. The molecule has 0 aliphatic heterocycles. The van der Waals surface area contributed by atoms with Crippen LogP contribution in [0.2, 0.25) is 0 Å². The molecule has 7 heteroatoms. The molecular weight excluding hydrogens is 430 g/mol. The van der Waals surface area contributed by atoms with Crippen molar-refractivity contribution in [2.24, 2.45) is 5.10 Å². The van der Waals surface area contributed by atoms with E-state index in [0.29, 0.717) is 13.0 Å². The molecule has 1 aromatic rings. The van der Waals surface area contributed by atoms with Gasteiger partial charge in [-0.05, 0) is 36.6 Å². The number of carbonyl (C=O) groups excluding carboxylic acids is 2. The molecular formula is C27H45N3O4. The van der Waals surface area contributed by atoms with Crippen LogP contribution in [0.1, 0.15) is 59.4 Å². The van der Waals surface area contributed by atoms with E-state index in [0.717, 1.165) is 30.4 Å². The Bertz CT molecular complexity index is 715. The molecule has 1 rings (SSSR count). The van der Waals surface area contributed by atoms with Gasteiger partial charge in [0, 0.05) is 46.5 Å². The number of amides is 1. The molecule has 0 aliphatic rings. The van der Waals surface area contributed by atoms with E-state index < -0.39 is 0 Å². The fraction of sp³-hybridized carbons (Fsp3) is 0.519. The molecule has 0 spiro atoms. The number of unbranched alkanes of at least 4 members (excludes halogenated alkanes) is 1. The van der Waals surface area contributed by atoms with Crippen LogP contribution in [-0.2, 0) is 25.6 Å². The highest BCUT2D eigenvalue weighted by atomic mass is 16.5. The Morgan fingerprint density at radius 3 is 2.12 bits per heavy atom. The first kappa shape index (κ1) is 33.4. The molecule has 2 atom stereocenters. The monoisotopic (exact) mass is 475 g/mol. The van der Waals surface area contributed by atoms with Crippen molar-refractivity contribution in [2.45, 2.75) is 72.6 Å². The minimum Gasteiger partial charge on any atom is -0.374 e. The van der Waals surface area contributed by atoms with Gasteiger partial charge in [0.1, 0.15) is 18.5 Å². The molecule has 7 nitrogen and oxygen atoms in total. The highest BCUT2D eigenvalue weighted by molar-refractivity contribution is 5.88. The molecule has 2 unspecified atom stereocenters. The van der Waals surface area contributed by atoms with Gasteiger partial charge in [0.25, 0.3) is 0 Å². The summed E-state index contributed by atoms with van der Waals surface area (Å²) in [7, 11) is 5.24. The maximum Gasteiger partial charge on any atom is 0.221 e. The topological polar surface area (TPSA) is 80.2 Å². The number of nitrogens with zero attached hydrogens (tertiary/aromatic N) is 2. The summed E-state index contributed by atoms with van der Waals surface area (Å²) in [6.07, 6.45) is 12.9. The Labute approximate surface area is 206 Å². The third-order valence-electron chi connectivity index (χ3n) is 4.17. The van der Waals surface area contributed by atoms with Crippen molar-refractivity contribution in [2.75, 3.05) is 26.6 Å². The number of benzene rings is 1. The smallest absolute Gasteiger partial charge is 0.221 e. The summed E-state index contributed by atoms with van der Waals surface area (Å²) in [5.41, 5.74) is 1.89. The predicted molar refractivity (Wildman–Crippen MR) is 143 cm³/mol. The summed E-state index contributed by atoms with van der Waals surface area (Å²) in [6.45, 7) is 10.2. The van der Waals surface area contributed by atoms with Crippen molar-refractivity contribution in [1.29, 1.82) is 0 Å². The maximum atomic E-state index is 11.0. The van der Waals surface area contributed by atoms with Gasteiger partial charge >= 0.3 is 0 Å². The minimum absolute atomic E-state index is 0.0773. The molecule has 34 heavy (non-hydrogen) atoms. The molecule has 0 saturated carbocycles. The molecule has 0 aromatic heterocycles. The molecule has 1 aromatic carbocycles. The number of aldehydes is 1. The first-order valence-electron chi connectivity index (χ1n) is 11.9. The first-order valence-corrected chi connectivity index (χ1v) is 11.9. The highest BCUT2D eigenvalue weighted by Gasteiger charge is 2.14. The van der Waals surface area contributed by atoms with Crippen molar-refractivity contribution >= 4 is 24.1 Å². The van der Waals surface area contributed by atoms with Gasteiger partial charge in [-0.2, -0.15) is 5.10 Å². The van der Waals surface area contributed by atoms with Crippen LogP contribution >= 0.6 is 0 Å². The number of ether oxygens (including phenoxy) is 2. The number of hydrogen-bond donors (Lipinski definition) is 1. The lowest BCUT2D eigenvalue weighted by Crippen LogP contribution is -2.26. The van der Waals surface area contributed by atoms with Crippen LogP contribution in [0.5, 0.6) is 0 Å². The average molecular weight is 476 g/mol. The van der Waals surface area contributed by atoms with Gasteiger partial charge in [-0.3, -0.25) is 9.80 Å². The van der Waals surface area contributed by atoms with Crippen molar-refractivity contribution in [3.63, 3.8) is 0 Å². The van der Waals surface area contributed by atoms with Crippen LogP contribution in [-0.4, -0.2) is 56.9 Å². The van der Waals surface area contributed by atoms with Gasteiger partial charge in [-0.15, -0.1) is 0 Å². The number of allylic oxidation sites excluding steroid dienone is 2. The van der Waals surface area contributed by atoms with Gasteiger partial charge in [0.15, 0.2) is 0 Å². The van der Waals surface area contributed by atoms with Gasteiger partial charge in [0.2, 0.25) is 5.91 Å². The van der Waals surface area contributed by atoms with E-state index in [1.165, 1.54) is 6.92 Å². The highest BCUT2D eigenvalue weighted by Crippen LogP contribution is 2.11. The number of rotatable bonds is 13. The van der Waals surface area contributed by atoms with Crippen molar-refractivity contribution in [1.82, 2.24) is 5.01 Å². The van der Waals surface area contributed by atoms with Gasteiger partial charge in [-0.1, -0.05) is 58.1 Å². The lowest BCUT2D eigenvalue weighted by atomic mass is 10.1. The quantitative estimate of drug-likeness (QED) is 0.173. The van der Waals surface area contributed by atoms with Crippen LogP contribution in [0.3, 0.4) is 0 Å². The lowest BCUT2D eigenvalue weighted by Gasteiger charge is -2.18. The average Bonchev–Trinajstić information content (AvgIpc) is 2.83. The molecule has 1 N–H and O–H groups in total. The van der Waals surface area contributed by atoms with Crippen LogP contribution in [0.4, 0.5) is 5.69 Å². The van der Waals surface area contributed by atoms with Gasteiger partial charge < -0.3 is 19.6 Å². The van der Waals surface area contributed by atoms with Crippen LogP contribution < -0.4 is 5.32 Å². The second kappa shape index (κ2) is 23.4. The zero-order chi connectivity index (χ0) is 26.2.